The van der Waals surface area contributed by atoms with Crippen LogP contribution >= 0.6 is 0 Å². The summed E-state index contributed by atoms with van der Waals surface area (Å²) < 4.78 is 5.63. The van der Waals surface area contributed by atoms with Crippen molar-refractivity contribution in [1.29, 1.82) is 0 Å². The van der Waals surface area contributed by atoms with E-state index in [0.717, 1.165) is 30.6 Å². The largest absolute Gasteiger partial charge is 0.491 e. The van der Waals surface area contributed by atoms with Crippen LogP contribution in [0.4, 0.5) is 10.5 Å². The predicted octanol–water partition coefficient (Wildman–Crippen LogP) is 3.04. The number of carbonyl (C=O) groups is 1. The summed E-state index contributed by atoms with van der Waals surface area (Å²) in [6.07, 6.45) is 2.52. The van der Waals surface area contributed by atoms with Crippen LogP contribution in [-0.2, 0) is 12.0 Å². The molecule has 11 N–H and O–H groups in total. The van der Waals surface area contributed by atoms with Crippen molar-refractivity contribution in [2.24, 2.45) is 28.1 Å². The van der Waals surface area contributed by atoms with E-state index in [0.29, 0.717) is 42.5 Å². The molecule has 0 aliphatic rings. The second kappa shape index (κ2) is 18.6. The number of guanidine groups is 1. The van der Waals surface area contributed by atoms with Gasteiger partial charge in [-0.2, -0.15) is 0 Å². The Hall–Kier alpha value is -4.46. The third-order valence-corrected chi connectivity index (χ3v) is 6.60. The van der Waals surface area contributed by atoms with Crippen LogP contribution in [0.1, 0.15) is 59.4 Å². The van der Waals surface area contributed by atoms with Crippen molar-refractivity contribution >= 4 is 17.7 Å². The molecular weight excluding hydrogens is 598 g/mol. The number of nitrogens with zero attached hydrogens (tertiary/aromatic N) is 2. The van der Waals surface area contributed by atoms with Crippen LogP contribution in [0.5, 0.6) is 5.75 Å². The van der Waals surface area contributed by atoms with Gasteiger partial charge < -0.3 is 48.0 Å². The van der Waals surface area contributed by atoms with E-state index in [9.17, 15) is 9.59 Å². The molecule has 3 rings (SSSR count). The molecule has 0 bridgehead atoms. The number of anilines is 1. The van der Waals surface area contributed by atoms with Crippen LogP contribution in [0, 0.1) is 5.92 Å². The molecule has 1 atom stereocenters. The van der Waals surface area contributed by atoms with Gasteiger partial charge in [0.05, 0.1) is 24.5 Å². The number of aromatic amines is 1. The first-order valence-electron chi connectivity index (χ1n) is 15.7. The van der Waals surface area contributed by atoms with Crippen LogP contribution in [0.15, 0.2) is 64.5 Å². The third kappa shape index (κ3) is 14.7. The van der Waals surface area contributed by atoms with E-state index in [1.165, 1.54) is 0 Å². The highest BCUT2D eigenvalue weighted by atomic mass is 16.5. The zero-order valence-corrected chi connectivity index (χ0v) is 28.5. The number of H-pyrrole nitrogens is 1. The Labute approximate surface area is 277 Å². The van der Waals surface area contributed by atoms with Gasteiger partial charge in [-0.05, 0) is 57.0 Å². The minimum absolute atomic E-state index is 0.0311. The monoisotopic (exact) mass is 651 g/mol. The van der Waals surface area contributed by atoms with Gasteiger partial charge in [0.25, 0.3) is 5.56 Å². The van der Waals surface area contributed by atoms with Gasteiger partial charge in [0, 0.05) is 42.7 Å². The number of carbonyl (C=O) groups excluding carboxylic acids is 1. The zero-order valence-electron chi connectivity index (χ0n) is 28.5. The molecule has 2 aromatic carbocycles. The molecule has 0 saturated heterocycles. The van der Waals surface area contributed by atoms with Crippen molar-refractivity contribution in [3.05, 3.63) is 76.5 Å². The maximum atomic E-state index is 12.4. The first-order valence-corrected chi connectivity index (χ1v) is 15.7. The molecule has 1 heterocycles. The number of rotatable bonds is 13. The van der Waals surface area contributed by atoms with Crippen molar-refractivity contribution in [3.63, 3.8) is 0 Å². The number of ether oxygens (including phenoxy) is 1. The topological polar surface area (TPSA) is 219 Å². The first kappa shape index (κ1) is 38.7. The van der Waals surface area contributed by atoms with Crippen LogP contribution in [0.25, 0.3) is 11.1 Å². The standard InChI is InChI=1S/C19H28N6O.C15H25N3O3/c1-19(2,3)17-24-12-15(16(26)25-17)14-7-5-13(6-8-14)11-22-9-4-10-23-18(20)21;1-15(2,3)18-14(20)17-12-6-4-5-7-13(12)21-10-11(8-16)9-19/h5-8,12,22H,4,9-11H2,1-3H3,(H4,20,21,23)(H,24,25,26);4-7,11,19H,8-10,16H2,1-3H3,(H2,17,18,20). The van der Waals surface area contributed by atoms with E-state index in [1.807, 2.05) is 77.9 Å². The number of amides is 2. The molecule has 1 unspecified atom stereocenters. The molecule has 1 aromatic heterocycles. The molecule has 13 nitrogen and oxygen atoms in total. The van der Waals surface area contributed by atoms with Gasteiger partial charge in [-0.15, -0.1) is 0 Å². The maximum absolute atomic E-state index is 12.4. The SMILES string of the molecule is CC(C)(C)NC(=O)Nc1ccccc1OCC(CN)CO.CC(C)(C)c1ncc(-c2ccc(CNCCCN=C(N)N)cc2)c(=O)[nH]1. The first-order chi connectivity index (χ1) is 22.1. The van der Waals surface area contributed by atoms with E-state index in [2.05, 4.69) is 30.9 Å². The van der Waals surface area contributed by atoms with Crippen LogP contribution in [-0.4, -0.2) is 65.5 Å². The van der Waals surface area contributed by atoms with Crippen LogP contribution < -0.4 is 43.4 Å². The van der Waals surface area contributed by atoms with Gasteiger partial charge in [-0.3, -0.25) is 9.79 Å². The molecule has 2 amide bonds. The second-order valence-electron chi connectivity index (χ2n) is 13.2. The number of aromatic nitrogens is 2. The number of hydrogen-bond donors (Lipinski definition) is 8. The molecule has 0 spiro atoms. The number of urea groups is 1. The second-order valence-corrected chi connectivity index (χ2v) is 13.2. The zero-order chi connectivity index (χ0) is 35.0. The number of para-hydroxylation sites is 2. The molecule has 0 aliphatic carbocycles. The highest BCUT2D eigenvalue weighted by Crippen LogP contribution is 2.24. The number of aliphatic imine (C=N–C) groups is 1. The van der Waals surface area contributed by atoms with E-state index >= 15 is 0 Å². The number of aliphatic hydroxyl groups excluding tert-OH is 1. The Bertz CT molecular complexity index is 1470. The molecular formula is C34H53N9O4. The summed E-state index contributed by atoms with van der Waals surface area (Å²) in [4.78, 5) is 35.5. The predicted molar refractivity (Wildman–Crippen MR) is 189 cm³/mol. The number of benzene rings is 2. The van der Waals surface area contributed by atoms with Crippen LogP contribution in [0.3, 0.4) is 0 Å². The Morgan fingerprint density at radius 1 is 1.06 bits per heavy atom. The summed E-state index contributed by atoms with van der Waals surface area (Å²) in [5, 5.41) is 18.0. The van der Waals surface area contributed by atoms with Crippen LogP contribution in [0.2, 0.25) is 0 Å². The molecule has 3 aromatic rings. The third-order valence-electron chi connectivity index (χ3n) is 6.60. The van der Waals surface area contributed by atoms with Crippen molar-refractivity contribution in [1.82, 2.24) is 20.6 Å². The van der Waals surface area contributed by atoms with E-state index in [-0.39, 0.29) is 41.0 Å². The molecule has 0 radical (unpaired) electrons. The van der Waals surface area contributed by atoms with Crippen molar-refractivity contribution in [2.45, 2.75) is 65.5 Å². The quantitative estimate of drug-likeness (QED) is 0.0772. The summed E-state index contributed by atoms with van der Waals surface area (Å²) in [6, 6.07) is 14.8. The van der Waals surface area contributed by atoms with Gasteiger partial charge in [-0.25, -0.2) is 9.78 Å². The van der Waals surface area contributed by atoms with Gasteiger partial charge in [-0.1, -0.05) is 57.2 Å². The number of aliphatic hydroxyl groups is 1. The van der Waals surface area contributed by atoms with Gasteiger partial charge in [0.15, 0.2) is 5.96 Å². The van der Waals surface area contributed by atoms with E-state index < -0.39 is 0 Å². The smallest absolute Gasteiger partial charge is 0.319 e. The Kier molecular flexibility index (Phi) is 15.3. The molecule has 0 aliphatic heterocycles. The summed E-state index contributed by atoms with van der Waals surface area (Å²) in [5.74, 6) is 1.24. The summed E-state index contributed by atoms with van der Waals surface area (Å²) >= 11 is 0. The fraction of sp³-hybridized carbons (Fsp3) is 0.471. The lowest BCUT2D eigenvalue weighted by atomic mass is 9.95. The highest BCUT2D eigenvalue weighted by Gasteiger charge is 2.18. The number of nitrogens with two attached hydrogens (primary N) is 3. The van der Waals surface area contributed by atoms with Crippen molar-refractivity contribution < 1.29 is 14.6 Å². The molecule has 0 saturated carbocycles. The average Bonchev–Trinajstić information content (AvgIpc) is 2.99. The molecule has 13 heteroatoms. The fourth-order valence-corrected chi connectivity index (χ4v) is 4.02. The maximum Gasteiger partial charge on any atom is 0.319 e. The number of hydrogen-bond acceptors (Lipinski definition) is 8. The fourth-order valence-electron chi connectivity index (χ4n) is 4.02. The Morgan fingerprint density at radius 3 is 2.32 bits per heavy atom. The van der Waals surface area contributed by atoms with Gasteiger partial charge in [0.2, 0.25) is 0 Å². The summed E-state index contributed by atoms with van der Waals surface area (Å²) in [6.45, 7) is 14.6. The molecule has 47 heavy (non-hydrogen) atoms. The molecule has 258 valence electrons. The lowest BCUT2D eigenvalue weighted by Crippen LogP contribution is -2.43. The highest BCUT2D eigenvalue weighted by molar-refractivity contribution is 5.91. The van der Waals surface area contributed by atoms with E-state index in [4.69, 9.17) is 27.0 Å². The Balaban J connectivity index is 0.000000335. The summed E-state index contributed by atoms with van der Waals surface area (Å²) in [7, 11) is 0. The normalized spacial score (nSPS) is 11.9. The van der Waals surface area contributed by atoms with E-state index in [1.54, 1.807) is 18.3 Å². The minimum atomic E-state index is -0.318. The minimum Gasteiger partial charge on any atom is -0.491 e. The van der Waals surface area contributed by atoms with Crippen molar-refractivity contribution in [2.75, 3.05) is 38.2 Å². The van der Waals surface area contributed by atoms with Gasteiger partial charge >= 0.3 is 6.03 Å². The lowest BCUT2D eigenvalue weighted by Gasteiger charge is -2.21. The lowest BCUT2D eigenvalue weighted by molar-refractivity contribution is 0.168. The average molecular weight is 652 g/mol. The van der Waals surface area contributed by atoms with Crippen molar-refractivity contribution in [3.8, 4) is 16.9 Å². The number of nitrogens with one attached hydrogen (secondary N) is 4. The van der Waals surface area contributed by atoms with Gasteiger partial charge in [0.1, 0.15) is 11.6 Å². The molecule has 0 fully saturated rings. The summed E-state index contributed by atoms with van der Waals surface area (Å²) in [5.41, 5.74) is 18.6. The Morgan fingerprint density at radius 2 is 1.74 bits per heavy atom.